The minimum Gasteiger partial charge on any atom is -0.207 e. The molecular formula is C13H18Cl2FNO2S. The summed E-state index contributed by atoms with van der Waals surface area (Å²) < 4.78 is 40.9. The van der Waals surface area contributed by atoms with Crippen molar-refractivity contribution < 1.29 is 12.8 Å². The van der Waals surface area contributed by atoms with Crippen LogP contribution in [0.15, 0.2) is 17.0 Å². The molecule has 20 heavy (non-hydrogen) atoms. The molecule has 3 nitrogen and oxygen atoms in total. The molecule has 0 aromatic heterocycles. The van der Waals surface area contributed by atoms with Gasteiger partial charge in [0.25, 0.3) is 0 Å². The van der Waals surface area contributed by atoms with Gasteiger partial charge in [0.15, 0.2) is 0 Å². The number of aryl methyl sites for hydroxylation is 2. The van der Waals surface area contributed by atoms with E-state index in [0.29, 0.717) is 17.5 Å². The minimum atomic E-state index is -3.82. The SMILES string of the molecule is CCC(CCl)(CCl)NS(=O)(=O)c1c(C)cc(F)cc1C. The zero-order chi connectivity index (χ0) is 15.6. The van der Waals surface area contributed by atoms with Crippen LogP contribution in [-0.2, 0) is 10.0 Å². The van der Waals surface area contributed by atoms with Crippen LogP contribution >= 0.6 is 23.2 Å². The first-order chi connectivity index (χ1) is 9.21. The Kier molecular flexibility index (Phi) is 5.84. The van der Waals surface area contributed by atoms with Crippen LogP contribution in [0.25, 0.3) is 0 Å². The Morgan fingerprint density at radius 1 is 1.20 bits per heavy atom. The molecule has 0 heterocycles. The molecule has 7 heteroatoms. The molecule has 0 fully saturated rings. The molecule has 1 N–H and O–H groups in total. The van der Waals surface area contributed by atoms with Gasteiger partial charge in [-0.2, -0.15) is 0 Å². The summed E-state index contributed by atoms with van der Waals surface area (Å²) in [6.45, 7) is 4.91. The Morgan fingerprint density at radius 2 is 1.65 bits per heavy atom. The fraction of sp³-hybridized carbons (Fsp3) is 0.538. The van der Waals surface area contributed by atoms with Gasteiger partial charge < -0.3 is 0 Å². The highest BCUT2D eigenvalue weighted by Crippen LogP contribution is 2.25. The molecule has 0 spiro atoms. The lowest BCUT2D eigenvalue weighted by Crippen LogP contribution is -2.51. The predicted octanol–water partition coefficient (Wildman–Crippen LogP) is 3.35. The van der Waals surface area contributed by atoms with E-state index in [0.717, 1.165) is 0 Å². The van der Waals surface area contributed by atoms with E-state index in [1.807, 2.05) is 0 Å². The van der Waals surface area contributed by atoms with Crippen molar-refractivity contribution in [1.29, 1.82) is 0 Å². The van der Waals surface area contributed by atoms with Crippen molar-refractivity contribution in [1.82, 2.24) is 4.72 Å². The molecule has 0 saturated heterocycles. The van der Waals surface area contributed by atoms with Crippen molar-refractivity contribution in [2.45, 2.75) is 37.6 Å². The fourth-order valence-corrected chi connectivity index (χ4v) is 4.89. The zero-order valence-electron chi connectivity index (χ0n) is 11.6. The summed E-state index contributed by atoms with van der Waals surface area (Å²) in [6, 6.07) is 2.38. The lowest BCUT2D eigenvalue weighted by atomic mass is 10.0. The molecule has 0 saturated carbocycles. The molecule has 1 aromatic rings. The number of nitrogens with one attached hydrogen (secondary N) is 1. The van der Waals surface area contributed by atoms with Crippen LogP contribution in [0.3, 0.4) is 0 Å². The standard InChI is InChI=1S/C13H18Cl2FNO2S/c1-4-13(7-14,8-15)17-20(18,19)12-9(2)5-11(16)6-10(12)3/h5-6,17H,4,7-8H2,1-3H3. The van der Waals surface area contributed by atoms with Gasteiger partial charge in [0.1, 0.15) is 5.82 Å². The number of alkyl halides is 2. The highest BCUT2D eigenvalue weighted by atomic mass is 35.5. The van der Waals surface area contributed by atoms with E-state index in [1.54, 1.807) is 20.8 Å². The number of hydrogen-bond acceptors (Lipinski definition) is 2. The van der Waals surface area contributed by atoms with Crippen LogP contribution in [0.2, 0.25) is 0 Å². The van der Waals surface area contributed by atoms with E-state index in [9.17, 15) is 12.8 Å². The number of benzene rings is 1. The van der Waals surface area contributed by atoms with Crippen LogP contribution in [-0.4, -0.2) is 25.7 Å². The predicted molar refractivity (Wildman–Crippen MR) is 80.7 cm³/mol. The van der Waals surface area contributed by atoms with Gasteiger partial charge in [-0.3, -0.25) is 0 Å². The summed E-state index contributed by atoms with van der Waals surface area (Å²) in [6.07, 6.45) is 0.457. The molecule has 0 bridgehead atoms. The summed E-state index contributed by atoms with van der Waals surface area (Å²) in [5.41, 5.74) is -0.205. The maximum Gasteiger partial charge on any atom is 0.241 e. The van der Waals surface area contributed by atoms with Gasteiger partial charge in [-0.05, 0) is 43.5 Å². The van der Waals surface area contributed by atoms with E-state index >= 15 is 0 Å². The van der Waals surface area contributed by atoms with Gasteiger partial charge >= 0.3 is 0 Å². The average molecular weight is 342 g/mol. The summed E-state index contributed by atoms with van der Waals surface area (Å²) in [5, 5.41) is 0. The van der Waals surface area contributed by atoms with Crippen LogP contribution in [0, 0.1) is 19.7 Å². The van der Waals surface area contributed by atoms with Gasteiger partial charge in [-0.1, -0.05) is 6.92 Å². The molecule has 1 rings (SSSR count). The number of sulfonamides is 1. The Hall–Kier alpha value is -0.360. The molecule has 0 aliphatic rings. The third-order valence-electron chi connectivity index (χ3n) is 3.23. The molecule has 0 atom stereocenters. The molecule has 0 aliphatic carbocycles. The summed E-state index contributed by atoms with van der Waals surface area (Å²) >= 11 is 11.7. The third kappa shape index (κ3) is 3.64. The first-order valence-corrected chi connectivity index (χ1v) is 8.69. The maximum atomic E-state index is 13.3. The number of halogens is 3. The van der Waals surface area contributed by atoms with Gasteiger partial charge in [-0.25, -0.2) is 17.5 Å². The first kappa shape index (κ1) is 17.7. The van der Waals surface area contributed by atoms with Gasteiger partial charge in [0.2, 0.25) is 10.0 Å². The molecule has 0 amide bonds. The fourth-order valence-electron chi connectivity index (χ4n) is 2.01. The smallest absolute Gasteiger partial charge is 0.207 e. The van der Waals surface area contributed by atoms with E-state index in [-0.39, 0.29) is 16.7 Å². The number of rotatable bonds is 6. The largest absolute Gasteiger partial charge is 0.241 e. The quantitative estimate of drug-likeness (QED) is 0.806. The summed E-state index contributed by atoms with van der Waals surface area (Å²) in [5.74, 6) is -0.341. The van der Waals surface area contributed by atoms with Crippen molar-refractivity contribution in [3.8, 4) is 0 Å². The second kappa shape index (κ2) is 6.60. The van der Waals surface area contributed by atoms with E-state index < -0.39 is 21.4 Å². The Bertz CT molecular complexity index is 555. The minimum absolute atomic E-state index is 0.0610. The second-order valence-electron chi connectivity index (χ2n) is 4.88. The lowest BCUT2D eigenvalue weighted by Gasteiger charge is -2.29. The van der Waals surface area contributed by atoms with Crippen molar-refractivity contribution >= 4 is 33.2 Å². The molecular weight excluding hydrogens is 324 g/mol. The van der Waals surface area contributed by atoms with Crippen LogP contribution in [0.1, 0.15) is 24.5 Å². The first-order valence-electron chi connectivity index (χ1n) is 6.14. The molecule has 0 unspecified atom stereocenters. The van der Waals surface area contributed by atoms with Crippen molar-refractivity contribution in [2.75, 3.05) is 11.8 Å². The molecule has 1 aromatic carbocycles. The van der Waals surface area contributed by atoms with E-state index in [1.165, 1.54) is 12.1 Å². The van der Waals surface area contributed by atoms with Crippen LogP contribution < -0.4 is 4.72 Å². The van der Waals surface area contributed by atoms with E-state index in [4.69, 9.17) is 23.2 Å². The molecule has 114 valence electrons. The van der Waals surface area contributed by atoms with Gasteiger partial charge in [0.05, 0.1) is 10.4 Å². The monoisotopic (exact) mass is 341 g/mol. The lowest BCUT2D eigenvalue weighted by molar-refractivity contribution is 0.449. The van der Waals surface area contributed by atoms with Gasteiger partial charge in [0, 0.05) is 11.8 Å². The summed E-state index contributed by atoms with van der Waals surface area (Å²) in [7, 11) is -3.82. The second-order valence-corrected chi connectivity index (χ2v) is 7.03. The normalized spacial score (nSPS) is 12.7. The Balaban J connectivity index is 3.32. The van der Waals surface area contributed by atoms with Crippen molar-refractivity contribution in [3.05, 3.63) is 29.1 Å². The zero-order valence-corrected chi connectivity index (χ0v) is 14.0. The van der Waals surface area contributed by atoms with Crippen LogP contribution in [0.5, 0.6) is 0 Å². The van der Waals surface area contributed by atoms with E-state index in [2.05, 4.69) is 4.72 Å². The summed E-state index contributed by atoms with van der Waals surface area (Å²) in [4.78, 5) is 0.0759. The van der Waals surface area contributed by atoms with Crippen molar-refractivity contribution in [3.63, 3.8) is 0 Å². The van der Waals surface area contributed by atoms with Crippen molar-refractivity contribution in [2.24, 2.45) is 0 Å². The maximum absolute atomic E-state index is 13.3. The molecule has 0 aliphatic heterocycles. The topological polar surface area (TPSA) is 46.2 Å². The highest BCUT2D eigenvalue weighted by molar-refractivity contribution is 7.89. The van der Waals surface area contributed by atoms with Crippen LogP contribution in [0.4, 0.5) is 4.39 Å². The average Bonchev–Trinajstić information content (AvgIpc) is 2.34. The Labute approximate surface area is 129 Å². The Morgan fingerprint density at radius 3 is 2.00 bits per heavy atom. The third-order valence-corrected chi connectivity index (χ3v) is 6.14. The van der Waals surface area contributed by atoms with Gasteiger partial charge in [-0.15, -0.1) is 23.2 Å². The molecule has 0 radical (unpaired) electrons. The highest BCUT2D eigenvalue weighted by Gasteiger charge is 2.33. The number of hydrogen-bond donors (Lipinski definition) is 1.